The van der Waals surface area contributed by atoms with Gasteiger partial charge in [-0.05, 0) is 25.5 Å². The molecule has 0 spiro atoms. The summed E-state index contributed by atoms with van der Waals surface area (Å²) in [5.41, 5.74) is 3.95. The third-order valence-electron chi connectivity index (χ3n) is 4.53. The molecular formula is C17H24N4. The molecule has 0 N–H and O–H groups in total. The fourth-order valence-corrected chi connectivity index (χ4v) is 3.32. The quantitative estimate of drug-likeness (QED) is 0.840. The molecular weight excluding hydrogens is 260 g/mol. The lowest BCUT2D eigenvalue weighted by molar-refractivity contribution is 0.139. The van der Waals surface area contributed by atoms with E-state index in [0.29, 0.717) is 6.04 Å². The van der Waals surface area contributed by atoms with Gasteiger partial charge < -0.3 is 4.57 Å². The SMILES string of the molecule is C=Cn1ncc(CN2CCn3cccc3[C@@H]2CCC)c1C. The summed E-state index contributed by atoms with van der Waals surface area (Å²) in [6.45, 7) is 11.3. The summed E-state index contributed by atoms with van der Waals surface area (Å²) in [7, 11) is 0. The minimum atomic E-state index is 0.519. The average molecular weight is 284 g/mol. The summed E-state index contributed by atoms with van der Waals surface area (Å²) in [4.78, 5) is 2.59. The van der Waals surface area contributed by atoms with Gasteiger partial charge in [0.25, 0.3) is 0 Å². The van der Waals surface area contributed by atoms with Crippen molar-refractivity contribution in [1.29, 1.82) is 0 Å². The highest BCUT2D eigenvalue weighted by molar-refractivity contribution is 5.26. The van der Waals surface area contributed by atoms with E-state index in [1.807, 2.05) is 10.9 Å². The monoisotopic (exact) mass is 284 g/mol. The topological polar surface area (TPSA) is 26.0 Å². The summed E-state index contributed by atoms with van der Waals surface area (Å²) in [6.07, 6.45) is 8.36. The lowest BCUT2D eigenvalue weighted by atomic mass is 10.0. The largest absolute Gasteiger partial charge is 0.349 e. The molecule has 0 saturated carbocycles. The highest BCUT2D eigenvalue weighted by Crippen LogP contribution is 2.31. The van der Waals surface area contributed by atoms with Crippen molar-refractivity contribution < 1.29 is 0 Å². The first kappa shape index (κ1) is 14.1. The molecule has 112 valence electrons. The van der Waals surface area contributed by atoms with Crippen LogP contribution in [0.5, 0.6) is 0 Å². The summed E-state index contributed by atoms with van der Waals surface area (Å²) >= 11 is 0. The lowest BCUT2D eigenvalue weighted by Crippen LogP contribution is -2.37. The van der Waals surface area contributed by atoms with E-state index in [4.69, 9.17) is 0 Å². The molecule has 2 aromatic rings. The van der Waals surface area contributed by atoms with Gasteiger partial charge in [0.1, 0.15) is 0 Å². The number of aromatic nitrogens is 3. The van der Waals surface area contributed by atoms with Gasteiger partial charge in [0.05, 0.1) is 12.2 Å². The van der Waals surface area contributed by atoms with E-state index in [1.54, 1.807) is 6.20 Å². The molecule has 4 nitrogen and oxygen atoms in total. The minimum Gasteiger partial charge on any atom is -0.349 e. The Kier molecular flexibility index (Phi) is 3.97. The van der Waals surface area contributed by atoms with E-state index >= 15 is 0 Å². The number of hydrogen-bond donors (Lipinski definition) is 0. The van der Waals surface area contributed by atoms with E-state index in [-0.39, 0.29) is 0 Å². The van der Waals surface area contributed by atoms with Crippen LogP contribution in [-0.2, 0) is 13.1 Å². The van der Waals surface area contributed by atoms with Gasteiger partial charge >= 0.3 is 0 Å². The first-order valence-corrected chi connectivity index (χ1v) is 7.79. The zero-order valence-corrected chi connectivity index (χ0v) is 13.0. The second kappa shape index (κ2) is 5.90. The predicted octanol–water partition coefficient (Wildman–Crippen LogP) is 3.45. The lowest BCUT2D eigenvalue weighted by Gasteiger charge is -2.37. The third kappa shape index (κ3) is 2.56. The van der Waals surface area contributed by atoms with Gasteiger partial charge in [-0.3, -0.25) is 4.90 Å². The number of nitrogens with zero attached hydrogens (tertiary/aromatic N) is 4. The molecule has 0 saturated heterocycles. The fraction of sp³-hybridized carbons (Fsp3) is 0.471. The molecule has 3 rings (SSSR count). The maximum atomic E-state index is 4.37. The minimum absolute atomic E-state index is 0.519. The Hall–Kier alpha value is -1.81. The highest BCUT2D eigenvalue weighted by Gasteiger charge is 2.27. The van der Waals surface area contributed by atoms with E-state index < -0.39 is 0 Å². The molecule has 1 atom stereocenters. The number of hydrogen-bond acceptors (Lipinski definition) is 2. The molecule has 1 aliphatic rings. The van der Waals surface area contributed by atoms with Crippen LogP contribution in [0.1, 0.15) is 42.8 Å². The molecule has 4 heteroatoms. The van der Waals surface area contributed by atoms with Crippen molar-refractivity contribution in [3.63, 3.8) is 0 Å². The highest BCUT2D eigenvalue weighted by atomic mass is 15.3. The van der Waals surface area contributed by atoms with Crippen molar-refractivity contribution >= 4 is 6.20 Å². The molecule has 1 aliphatic heterocycles. The summed E-state index contributed by atoms with van der Waals surface area (Å²) in [5, 5.41) is 4.37. The second-order valence-corrected chi connectivity index (χ2v) is 5.78. The first-order valence-electron chi connectivity index (χ1n) is 7.79. The van der Waals surface area contributed by atoms with E-state index in [1.165, 1.54) is 29.8 Å². The Balaban J connectivity index is 1.84. The van der Waals surface area contributed by atoms with Crippen LogP contribution < -0.4 is 0 Å². The molecule has 0 aromatic carbocycles. The van der Waals surface area contributed by atoms with Gasteiger partial charge in [0, 0.05) is 49.0 Å². The van der Waals surface area contributed by atoms with Crippen molar-refractivity contribution in [3.8, 4) is 0 Å². The predicted molar refractivity (Wildman–Crippen MR) is 85.8 cm³/mol. The van der Waals surface area contributed by atoms with Crippen LogP contribution >= 0.6 is 0 Å². The van der Waals surface area contributed by atoms with E-state index in [2.05, 4.69) is 53.3 Å². The molecule has 2 aromatic heterocycles. The molecule has 21 heavy (non-hydrogen) atoms. The molecule has 0 fully saturated rings. The van der Waals surface area contributed by atoms with Crippen molar-refractivity contribution in [1.82, 2.24) is 19.2 Å². The van der Waals surface area contributed by atoms with Crippen LogP contribution in [-0.4, -0.2) is 25.8 Å². The standard InChI is InChI=1S/C17H24N4/c1-4-7-16-17-8-6-9-19(17)10-11-20(16)13-15-12-18-21(5-2)14(15)3/h5-6,8-9,12,16H,2,4,7,10-11,13H2,1,3H3/t16-/m0/s1. The zero-order chi connectivity index (χ0) is 14.8. The Morgan fingerprint density at radius 2 is 2.29 bits per heavy atom. The molecule has 0 unspecified atom stereocenters. The van der Waals surface area contributed by atoms with Crippen LogP contribution in [0.2, 0.25) is 0 Å². The molecule has 0 amide bonds. The van der Waals surface area contributed by atoms with Crippen LogP contribution in [0.25, 0.3) is 6.20 Å². The van der Waals surface area contributed by atoms with Gasteiger partial charge in [-0.15, -0.1) is 0 Å². The second-order valence-electron chi connectivity index (χ2n) is 5.78. The van der Waals surface area contributed by atoms with Crippen LogP contribution in [0.3, 0.4) is 0 Å². The number of fused-ring (bicyclic) bond motifs is 1. The Labute approximate surface area is 126 Å². The molecule has 3 heterocycles. The molecule has 0 aliphatic carbocycles. The van der Waals surface area contributed by atoms with Gasteiger partial charge in [-0.2, -0.15) is 5.10 Å². The average Bonchev–Trinajstić information content (AvgIpc) is 3.09. The Morgan fingerprint density at radius 3 is 3.00 bits per heavy atom. The third-order valence-corrected chi connectivity index (χ3v) is 4.53. The number of rotatable bonds is 5. The van der Waals surface area contributed by atoms with Crippen molar-refractivity contribution in [2.45, 2.75) is 45.8 Å². The van der Waals surface area contributed by atoms with Crippen LogP contribution in [0.15, 0.2) is 31.1 Å². The summed E-state index contributed by atoms with van der Waals surface area (Å²) in [6, 6.07) is 4.96. The summed E-state index contributed by atoms with van der Waals surface area (Å²) in [5.74, 6) is 0. The summed E-state index contributed by atoms with van der Waals surface area (Å²) < 4.78 is 4.26. The van der Waals surface area contributed by atoms with E-state index in [0.717, 1.165) is 19.6 Å². The van der Waals surface area contributed by atoms with Gasteiger partial charge in [-0.1, -0.05) is 19.9 Å². The van der Waals surface area contributed by atoms with E-state index in [9.17, 15) is 0 Å². The van der Waals surface area contributed by atoms with Crippen molar-refractivity contribution in [3.05, 3.63) is 48.1 Å². The van der Waals surface area contributed by atoms with Crippen molar-refractivity contribution in [2.75, 3.05) is 6.54 Å². The first-order chi connectivity index (χ1) is 10.2. The Morgan fingerprint density at radius 1 is 1.43 bits per heavy atom. The van der Waals surface area contributed by atoms with Crippen LogP contribution in [0, 0.1) is 6.92 Å². The molecule has 0 bridgehead atoms. The fourth-order valence-electron chi connectivity index (χ4n) is 3.32. The Bertz CT molecular complexity index is 623. The maximum absolute atomic E-state index is 4.37. The van der Waals surface area contributed by atoms with Crippen LogP contribution in [0.4, 0.5) is 0 Å². The molecule has 0 radical (unpaired) electrons. The van der Waals surface area contributed by atoms with Crippen molar-refractivity contribution in [2.24, 2.45) is 0 Å². The smallest absolute Gasteiger partial charge is 0.0541 e. The van der Waals surface area contributed by atoms with Gasteiger partial charge in [0.2, 0.25) is 0 Å². The van der Waals surface area contributed by atoms with Gasteiger partial charge in [0.15, 0.2) is 0 Å². The zero-order valence-electron chi connectivity index (χ0n) is 13.0. The normalized spacial score (nSPS) is 18.7. The van der Waals surface area contributed by atoms with Gasteiger partial charge in [-0.25, -0.2) is 4.68 Å². The maximum Gasteiger partial charge on any atom is 0.0541 e.